The maximum Gasteiger partial charge on any atom is 0.320 e. The molecule has 0 spiro atoms. The molecule has 0 aliphatic carbocycles. The predicted octanol–water partition coefficient (Wildman–Crippen LogP) is 1.16. The number of nitrogens with zero attached hydrogens (tertiary/aromatic N) is 4. The zero-order valence-electron chi connectivity index (χ0n) is 12.5. The maximum atomic E-state index is 12.4. The fourth-order valence-corrected chi connectivity index (χ4v) is 2.64. The summed E-state index contributed by atoms with van der Waals surface area (Å²) in [6.45, 7) is 1.82. The smallest absolute Gasteiger partial charge is 0.320 e. The molecule has 0 aromatic carbocycles. The van der Waals surface area contributed by atoms with Crippen LogP contribution in [0.25, 0.3) is 0 Å². The number of aliphatic carboxylic acids is 1. The summed E-state index contributed by atoms with van der Waals surface area (Å²) in [5, 5.41) is 8.71. The summed E-state index contributed by atoms with van der Waals surface area (Å²) < 4.78 is 1.89. The van der Waals surface area contributed by atoms with Gasteiger partial charge in [-0.1, -0.05) is 0 Å². The minimum absolute atomic E-state index is 0.0178. The fourth-order valence-electron chi connectivity index (χ4n) is 2.64. The number of amides is 2. The highest BCUT2D eigenvalue weighted by molar-refractivity contribution is 5.74. The number of hydrogen-bond donors (Lipinski definition) is 1. The van der Waals surface area contributed by atoms with Crippen LogP contribution in [0.1, 0.15) is 25.1 Å². The SMILES string of the molecule is CN(Cc1nccn1C)C(=O)N1CCC(CCC(=O)O)C1. The average Bonchev–Trinajstić information content (AvgIpc) is 3.05. The lowest BCUT2D eigenvalue weighted by Gasteiger charge is -2.24. The Kier molecular flexibility index (Phi) is 4.82. The van der Waals surface area contributed by atoms with Crippen LogP contribution < -0.4 is 0 Å². The molecule has 116 valence electrons. The van der Waals surface area contributed by atoms with Crippen LogP contribution in [0, 0.1) is 5.92 Å². The van der Waals surface area contributed by atoms with Crippen LogP contribution in [0.3, 0.4) is 0 Å². The van der Waals surface area contributed by atoms with Crippen molar-refractivity contribution < 1.29 is 14.7 Å². The fraction of sp³-hybridized carbons (Fsp3) is 0.643. The first-order chi connectivity index (χ1) is 9.97. The largest absolute Gasteiger partial charge is 0.481 e. The molecule has 21 heavy (non-hydrogen) atoms. The van der Waals surface area contributed by atoms with Crippen LogP contribution in [0.2, 0.25) is 0 Å². The molecule has 0 bridgehead atoms. The van der Waals surface area contributed by atoms with E-state index in [4.69, 9.17) is 5.11 Å². The van der Waals surface area contributed by atoms with Gasteiger partial charge in [-0.2, -0.15) is 0 Å². The van der Waals surface area contributed by atoms with Gasteiger partial charge in [0.25, 0.3) is 0 Å². The van der Waals surface area contributed by atoms with Crippen molar-refractivity contribution in [3.8, 4) is 0 Å². The third kappa shape index (κ3) is 3.96. The zero-order valence-corrected chi connectivity index (χ0v) is 12.5. The zero-order chi connectivity index (χ0) is 15.4. The summed E-state index contributed by atoms with van der Waals surface area (Å²) in [6, 6.07) is -0.0178. The van der Waals surface area contributed by atoms with Gasteiger partial charge in [-0.15, -0.1) is 0 Å². The molecule has 1 fully saturated rings. The monoisotopic (exact) mass is 294 g/mol. The highest BCUT2D eigenvalue weighted by Gasteiger charge is 2.28. The Morgan fingerprint density at radius 3 is 2.90 bits per heavy atom. The first-order valence-corrected chi connectivity index (χ1v) is 7.15. The van der Waals surface area contributed by atoms with Gasteiger partial charge in [0.15, 0.2) is 0 Å². The van der Waals surface area contributed by atoms with Crippen LogP contribution in [0.5, 0.6) is 0 Å². The molecule has 7 nitrogen and oxygen atoms in total. The molecule has 0 radical (unpaired) electrons. The topological polar surface area (TPSA) is 78.7 Å². The summed E-state index contributed by atoms with van der Waals surface area (Å²) in [6.07, 6.45) is 5.27. The predicted molar refractivity (Wildman–Crippen MR) is 76.6 cm³/mol. The van der Waals surface area contributed by atoms with E-state index in [0.29, 0.717) is 32.0 Å². The van der Waals surface area contributed by atoms with E-state index >= 15 is 0 Å². The Morgan fingerprint density at radius 1 is 1.52 bits per heavy atom. The molecule has 1 N–H and O–H groups in total. The summed E-state index contributed by atoms with van der Waals surface area (Å²) in [4.78, 5) is 30.6. The minimum Gasteiger partial charge on any atom is -0.481 e. The Bertz CT molecular complexity index is 514. The molecule has 2 amide bonds. The lowest BCUT2D eigenvalue weighted by atomic mass is 10.0. The van der Waals surface area contributed by atoms with Crippen molar-refractivity contribution in [3.05, 3.63) is 18.2 Å². The molecule has 7 heteroatoms. The number of carboxylic acids is 1. The summed E-state index contributed by atoms with van der Waals surface area (Å²) >= 11 is 0. The van der Waals surface area contributed by atoms with E-state index in [0.717, 1.165) is 12.2 Å². The van der Waals surface area contributed by atoms with Crippen LogP contribution in [0.15, 0.2) is 12.4 Å². The molecule has 2 rings (SSSR count). The molecular formula is C14H22N4O3. The second-order valence-corrected chi connectivity index (χ2v) is 5.63. The Morgan fingerprint density at radius 2 is 2.29 bits per heavy atom. The lowest BCUT2D eigenvalue weighted by molar-refractivity contribution is -0.137. The molecule has 1 aliphatic heterocycles. The van der Waals surface area contributed by atoms with E-state index in [9.17, 15) is 9.59 Å². The van der Waals surface area contributed by atoms with Gasteiger partial charge in [0.2, 0.25) is 0 Å². The highest BCUT2D eigenvalue weighted by Crippen LogP contribution is 2.22. The molecule has 1 saturated heterocycles. The van der Waals surface area contributed by atoms with E-state index in [-0.39, 0.29) is 12.5 Å². The molecular weight excluding hydrogens is 272 g/mol. The number of aromatic nitrogens is 2. The molecule has 0 saturated carbocycles. The number of imidazole rings is 1. The number of hydrogen-bond acceptors (Lipinski definition) is 3. The van der Waals surface area contributed by atoms with E-state index < -0.39 is 5.97 Å². The molecule has 1 atom stereocenters. The molecule has 1 unspecified atom stereocenters. The Balaban J connectivity index is 1.83. The van der Waals surface area contributed by atoms with E-state index in [1.807, 2.05) is 17.8 Å². The highest BCUT2D eigenvalue weighted by atomic mass is 16.4. The van der Waals surface area contributed by atoms with Crippen LogP contribution in [-0.4, -0.2) is 56.6 Å². The van der Waals surface area contributed by atoms with Crippen LogP contribution in [0.4, 0.5) is 4.79 Å². The number of rotatable bonds is 5. The second-order valence-electron chi connectivity index (χ2n) is 5.63. The Labute approximate surface area is 124 Å². The second kappa shape index (κ2) is 6.60. The van der Waals surface area contributed by atoms with Crippen molar-refractivity contribution in [2.45, 2.75) is 25.8 Å². The molecule has 1 aromatic heterocycles. The average molecular weight is 294 g/mol. The quantitative estimate of drug-likeness (QED) is 0.884. The van der Waals surface area contributed by atoms with Crippen LogP contribution >= 0.6 is 0 Å². The van der Waals surface area contributed by atoms with Gasteiger partial charge >= 0.3 is 12.0 Å². The first kappa shape index (κ1) is 15.3. The van der Waals surface area contributed by atoms with Crippen molar-refractivity contribution in [1.82, 2.24) is 19.4 Å². The van der Waals surface area contributed by atoms with Gasteiger partial charge in [-0.3, -0.25) is 4.79 Å². The number of carboxylic acid groups (broad SMARTS) is 1. The van der Waals surface area contributed by atoms with Crippen molar-refractivity contribution in [2.24, 2.45) is 13.0 Å². The summed E-state index contributed by atoms with van der Waals surface area (Å²) in [7, 11) is 3.67. The lowest BCUT2D eigenvalue weighted by Crippen LogP contribution is -2.39. The minimum atomic E-state index is -0.772. The molecule has 1 aromatic rings. The van der Waals surface area contributed by atoms with Gasteiger partial charge in [0, 0.05) is 46.0 Å². The van der Waals surface area contributed by atoms with Gasteiger partial charge < -0.3 is 19.5 Å². The van der Waals surface area contributed by atoms with Gasteiger partial charge in [-0.25, -0.2) is 9.78 Å². The normalized spacial score (nSPS) is 18.0. The van der Waals surface area contributed by atoms with E-state index in [1.165, 1.54) is 0 Å². The van der Waals surface area contributed by atoms with Crippen molar-refractivity contribution >= 4 is 12.0 Å². The summed E-state index contributed by atoms with van der Waals surface area (Å²) in [5.41, 5.74) is 0. The summed E-state index contributed by atoms with van der Waals surface area (Å²) in [5.74, 6) is 0.366. The number of carbonyl (C=O) groups is 2. The third-order valence-corrected chi connectivity index (χ3v) is 3.95. The van der Waals surface area contributed by atoms with Gasteiger partial charge in [0.1, 0.15) is 5.82 Å². The van der Waals surface area contributed by atoms with E-state index in [2.05, 4.69) is 4.98 Å². The van der Waals surface area contributed by atoms with Gasteiger partial charge in [-0.05, 0) is 18.8 Å². The third-order valence-electron chi connectivity index (χ3n) is 3.95. The molecule has 1 aliphatic rings. The number of aryl methyl sites for hydroxylation is 1. The van der Waals surface area contributed by atoms with Crippen molar-refractivity contribution in [1.29, 1.82) is 0 Å². The number of urea groups is 1. The number of carbonyl (C=O) groups excluding carboxylic acids is 1. The Hall–Kier alpha value is -2.05. The molecule has 2 heterocycles. The number of likely N-dealkylation sites (tertiary alicyclic amines) is 1. The van der Waals surface area contributed by atoms with Crippen molar-refractivity contribution in [2.75, 3.05) is 20.1 Å². The van der Waals surface area contributed by atoms with Gasteiger partial charge in [0.05, 0.1) is 6.54 Å². The van der Waals surface area contributed by atoms with E-state index in [1.54, 1.807) is 23.0 Å². The first-order valence-electron chi connectivity index (χ1n) is 7.15. The standard InChI is InChI=1S/C14H22N4O3/c1-16-8-6-15-12(16)10-17(2)14(21)18-7-5-11(9-18)3-4-13(19)20/h6,8,11H,3-5,7,9-10H2,1-2H3,(H,19,20). The maximum absolute atomic E-state index is 12.4. The van der Waals surface area contributed by atoms with Crippen LogP contribution in [-0.2, 0) is 18.4 Å². The van der Waals surface area contributed by atoms with Crippen molar-refractivity contribution in [3.63, 3.8) is 0 Å².